The molecule has 2 N–H and O–H groups in total. The van der Waals surface area contributed by atoms with Gasteiger partial charge in [-0.1, -0.05) is 23.2 Å². The van der Waals surface area contributed by atoms with Crippen LogP contribution in [0, 0.1) is 0 Å². The zero-order chi connectivity index (χ0) is 25.3. The van der Waals surface area contributed by atoms with Gasteiger partial charge in [0.05, 0.1) is 24.8 Å². The molecule has 0 amide bonds. The van der Waals surface area contributed by atoms with Crippen molar-refractivity contribution in [2.24, 2.45) is 0 Å². The van der Waals surface area contributed by atoms with Crippen LogP contribution in [-0.4, -0.2) is 54.2 Å². The number of nitrogens with one attached hydrogen (secondary N) is 2. The Morgan fingerprint density at radius 2 is 1.71 bits per heavy atom. The molecule has 16 heteroatoms. The summed E-state index contributed by atoms with van der Waals surface area (Å²) in [6.07, 6.45) is 4.03. The van der Waals surface area contributed by atoms with Gasteiger partial charge in [-0.05, 0) is 12.1 Å². The van der Waals surface area contributed by atoms with Crippen LogP contribution in [0.2, 0.25) is 10.2 Å². The van der Waals surface area contributed by atoms with Gasteiger partial charge in [0.15, 0.2) is 5.15 Å². The number of hydrogen-bond acceptors (Lipinski definition) is 9. The lowest BCUT2D eigenvalue weighted by Gasteiger charge is -2.14. The van der Waals surface area contributed by atoms with Crippen LogP contribution in [0.5, 0.6) is 17.5 Å². The Morgan fingerprint density at radius 1 is 1.06 bits per heavy atom. The molecule has 0 aliphatic heterocycles. The highest BCUT2D eigenvalue weighted by Crippen LogP contribution is 2.39. The van der Waals surface area contributed by atoms with Gasteiger partial charge in [-0.25, -0.2) is 18.1 Å². The van der Waals surface area contributed by atoms with Gasteiger partial charge in [-0.15, -0.1) is 0 Å². The molecular weight excluding hydrogens is 533 g/mol. The minimum atomic E-state index is -4.32. The molecular formula is C19H14Cl2F2N6O5S. The molecule has 0 bridgehead atoms. The lowest BCUT2D eigenvalue weighted by atomic mass is 10.1. The van der Waals surface area contributed by atoms with Gasteiger partial charge in [-0.3, -0.25) is 4.98 Å². The van der Waals surface area contributed by atoms with Crippen LogP contribution < -0.4 is 18.9 Å². The van der Waals surface area contributed by atoms with Crippen LogP contribution in [0.15, 0.2) is 35.6 Å². The summed E-state index contributed by atoms with van der Waals surface area (Å²) in [5.74, 6) is -2.05. The second kappa shape index (κ2) is 9.64. The van der Waals surface area contributed by atoms with Crippen molar-refractivity contribution in [3.8, 4) is 28.8 Å². The van der Waals surface area contributed by atoms with Gasteiger partial charge in [0.2, 0.25) is 11.7 Å². The number of methoxy groups -OCH3 is 2. The van der Waals surface area contributed by atoms with Crippen LogP contribution in [0.3, 0.4) is 0 Å². The standard InChI is InChI=1S/C19H14Cl2F2N6O5S/c1-32-16-14(34-18(22)23)17(33-2)28-19(27-16)29-35(30,31)10-7-26-12-8(10)3-4-9(20)11(12)13-15(21)25-6-5-24-13/h3-7,18,26H,1-2H3,(H,27,28,29). The van der Waals surface area contributed by atoms with E-state index in [-0.39, 0.29) is 26.2 Å². The predicted octanol–water partition coefficient (Wildman–Crippen LogP) is 4.14. The van der Waals surface area contributed by atoms with E-state index in [1.54, 1.807) is 0 Å². The molecule has 0 unspecified atom stereocenters. The first-order chi connectivity index (χ1) is 16.7. The van der Waals surface area contributed by atoms with Gasteiger partial charge in [-0.2, -0.15) is 18.7 Å². The van der Waals surface area contributed by atoms with Crippen molar-refractivity contribution in [3.63, 3.8) is 0 Å². The van der Waals surface area contributed by atoms with Crippen molar-refractivity contribution in [2.45, 2.75) is 11.5 Å². The highest BCUT2D eigenvalue weighted by Gasteiger charge is 2.27. The average molecular weight is 547 g/mol. The molecule has 0 atom stereocenters. The zero-order valence-electron chi connectivity index (χ0n) is 17.7. The molecule has 11 nitrogen and oxygen atoms in total. The quantitative estimate of drug-likeness (QED) is 0.333. The molecule has 1 aromatic carbocycles. The van der Waals surface area contributed by atoms with Gasteiger partial charge >= 0.3 is 6.61 Å². The van der Waals surface area contributed by atoms with E-state index in [4.69, 9.17) is 32.7 Å². The lowest BCUT2D eigenvalue weighted by Crippen LogP contribution is -2.16. The number of aromatic nitrogens is 5. The van der Waals surface area contributed by atoms with Gasteiger partial charge in [0, 0.05) is 29.5 Å². The molecule has 35 heavy (non-hydrogen) atoms. The van der Waals surface area contributed by atoms with Crippen LogP contribution in [0.1, 0.15) is 0 Å². The normalized spacial score (nSPS) is 11.6. The van der Waals surface area contributed by atoms with E-state index in [2.05, 4.69) is 34.4 Å². The fourth-order valence-corrected chi connectivity index (χ4v) is 4.75. The second-order valence-corrected chi connectivity index (χ2v) is 8.99. The number of sulfonamides is 1. The number of hydrogen-bond donors (Lipinski definition) is 2. The second-order valence-electron chi connectivity index (χ2n) is 6.57. The first-order valence-electron chi connectivity index (χ1n) is 9.40. The number of halogens is 4. The van der Waals surface area contributed by atoms with Crippen LogP contribution in [0.4, 0.5) is 14.7 Å². The fourth-order valence-electron chi connectivity index (χ4n) is 3.19. The minimum Gasteiger partial charge on any atom is -0.478 e. The topological polar surface area (TPSA) is 141 Å². The maximum absolute atomic E-state index is 13.2. The van der Waals surface area contributed by atoms with Crippen LogP contribution >= 0.6 is 23.2 Å². The smallest absolute Gasteiger partial charge is 0.387 e. The molecule has 0 aliphatic rings. The fraction of sp³-hybridized carbons (Fsp3) is 0.158. The maximum atomic E-state index is 13.2. The van der Waals surface area contributed by atoms with Gasteiger partial charge in [0.1, 0.15) is 10.6 Å². The summed E-state index contributed by atoms with van der Waals surface area (Å²) in [5.41, 5.74) is 0.921. The number of fused-ring (bicyclic) bond motifs is 1. The number of anilines is 1. The van der Waals surface area contributed by atoms with E-state index in [9.17, 15) is 17.2 Å². The summed E-state index contributed by atoms with van der Waals surface area (Å²) in [7, 11) is -2.07. The first kappa shape index (κ1) is 24.6. The molecule has 3 aromatic heterocycles. The number of nitrogens with zero attached hydrogens (tertiary/aromatic N) is 4. The average Bonchev–Trinajstić information content (AvgIpc) is 3.25. The molecule has 0 saturated heterocycles. The summed E-state index contributed by atoms with van der Waals surface area (Å²) in [6.45, 7) is -3.22. The van der Waals surface area contributed by atoms with Crippen LogP contribution in [-0.2, 0) is 10.0 Å². The number of H-pyrrole nitrogens is 1. The molecule has 4 aromatic rings. The number of benzene rings is 1. The summed E-state index contributed by atoms with van der Waals surface area (Å²) >= 11 is 12.5. The Balaban J connectivity index is 1.79. The van der Waals surface area contributed by atoms with Gasteiger partial charge < -0.3 is 19.2 Å². The Hall–Kier alpha value is -3.49. The third-order valence-corrected chi connectivity index (χ3v) is 6.53. The van der Waals surface area contributed by atoms with E-state index in [1.807, 2.05) is 0 Å². The molecule has 0 saturated carbocycles. The predicted molar refractivity (Wildman–Crippen MR) is 122 cm³/mol. The summed E-state index contributed by atoms with van der Waals surface area (Å²) in [6, 6.07) is 2.97. The van der Waals surface area contributed by atoms with Gasteiger partial charge in [0.25, 0.3) is 21.8 Å². The highest BCUT2D eigenvalue weighted by molar-refractivity contribution is 7.93. The number of alkyl halides is 2. The van der Waals surface area contributed by atoms with Crippen molar-refractivity contribution >= 4 is 50.1 Å². The summed E-state index contributed by atoms with van der Waals surface area (Å²) in [4.78, 5) is 18.4. The number of aromatic amines is 1. The lowest BCUT2D eigenvalue weighted by molar-refractivity contribution is -0.0533. The minimum absolute atomic E-state index is 0.0673. The number of rotatable bonds is 8. The summed E-state index contributed by atoms with van der Waals surface area (Å²) < 4.78 is 68.2. The van der Waals surface area contributed by atoms with E-state index in [1.165, 1.54) is 30.7 Å². The molecule has 0 aliphatic carbocycles. The molecule has 0 radical (unpaired) electrons. The molecule has 3 heterocycles. The van der Waals surface area contributed by atoms with Crippen molar-refractivity contribution in [1.82, 2.24) is 24.9 Å². The summed E-state index contributed by atoms with van der Waals surface area (Å²) in [5, 5.41) is 0.569. The van der Waals surface area contributed by atoms with Crippen molar-refractivity contribution in [1.29, 1.82) is 0 Å². The Morgan fingerprint density at radius 3 is 2.31 bits per heavy atom. The third kappa shape index (κ3) is 4.72. The largest absolute Gasteiger partial charge is 0.478 e. The first-order valence-corrected chi connectivity index (χ1v) is 11.6. The molecule has 184 valence electrons. The Labute approximate surface area is 206 Å². The molecule has 0 fully saturated rings. The third-order valence-electron chi connectivity index (χ3n) is 4.57. The Kier molecular flexibility index (Phi) is 6.78. The SMILES string of the molecule is COc1nc(NS(=O)(=O)c2c[nH]c3c(-c4nccnc4Cl)c(Cl)ccc23)nc(OC)c1OC(F)F. The number of ether oxygens (including phenoxy) is 3. The van der Waals surface area contributed by atoms with E-state index < -0.39 is 40.1 Å². The monoisotopic (exact) mass is 546 g/mol. The molecule has 4 rings (SSSR count). The Bertz CT molecular complexity index is 1490. The van der Waals surface area contributed by atoms with Crippen molar-refractivity contribution in [3.05, 3.63) is 40.9 Å². The van der Waals surface area contributed by atoms with Crippen molar-refractivity contribution < 1.29 is 31.4 Å². The zero-order valence-corrected chi connectivity index (χ0v) is 20.0. The van der Waals surface area contributed by atoms with E-state index in [0.717, 1.165) is 14.2 Å². The van der Waals surface area contributed by atoms with Crippen molar-refractivity contribution in [2.75, 3.05) is 18.9 Å². The maximum Gasteiger partial charge on any atom is 0.387 e. The van der Waals surface area contributed by atoms with E-state index in [0.29, 0.717) is 11.1 Å². The highest BCUT2D eigenvalue weighted by atomic mass is 35.5. The molecule has 0 spiro atoms. The van der Waals surface area contributed by atoms with E-state index >= 15 is 0 Å². The van der Waals surface area contributed by atoms with Crippen LogP contribution in [0.25, 0.3) is 22.2 Å².